The lowest BCUT2D eigenvalue weighted by Crippen LogP contribution is -2.33. The molecule has 0 aliphatic heterocycles. The molecule has 1 heterocycles. The average molecular weight is 347 g/mol. The third-order valence-electron chi connectivity index (χ3n) is 3.38. The Balaban J connectivity index is 1.70. The van der Waals surface area contributed by atoms with Crippen LogP contribution in [-0.2, 0) is 17.8 Å². The zero-order valence-corrected chi connectivity index (χ0v) is 15.1. The maximum absolute atomic E-state index is 11.9. The first-order valence-electron chi connectivity index (χ1n) is 8.27. The van der Waals surface area contributed by atoms with E-state index in [1.807, 2.05) is 36.6 Å². The average Bonchev–Trinajstić information content (AvgIpc) is 3.01. The van der Waals surface area contributed by atoms with Gasteiger partial charge in [0.1, 0.15) is 17.4 Å². The number of carbonyl (C=O) groups is 1. The highest BCUT2D eigenvalue weighted by molar-refractivity contribution is 7.09. The summed E-state index contributed by atoms with van der Waals surface area (Å²) in [5.74, 6) is 0.833. The molecule has 2 N–H and O–H groups in total. The summed E-state index contributed by atoms with van der Waals surface area (Å²) in [5.41, 5.74) is 2.00. The Labute approximate surface area is 147 Å². The van der Waals surface area contributed by atoms with Crippen LogP contribution in [-0.4, -0.2) is 30.5 Å². The van der Waals surface area contributed by atoms with Crippen LogP contribution >= 0.6 is 11.3 Å². The largest absolute Gasteiger partial charge is 0.486 e. The van der Waals surface area contributed by atoms with E-state index in [9.17, 15) is 4.79 Å². The van der Waals surface area contributed by atoms with Crippen molar-refractivity contribution in [3.05, 3.63) is 45.9 Å². The molecule has 0 spiro atoms. The first-order chi connectivity index (χ1) is 11.7. The number of aryl methyl sites for hydroxylation is 1. The number of hydrogen-bond donors (Lipinski definition) is 2. The number of thiazole rings is 1. The van der Waals surface area contributed by atoms with Crippen molar-refractivity contribution in [2.24, 2.45) is 0 Å². The van der Waals surface area contributed by atoms with Gasteiger partial charge in [0, 0.05) is 18.5 Å². The van der Waals surface area contributed by atoms with Gasteiger partial charge in [-0.2, -0.15) is 0 Å². The lowest BCUT2D eigenvalue weighted by Gasteiger charge is -2.05. The Bertz CT molecular complexity index is 625. The molecule has 0 saturated carbocycles. The molecular formula is C18H25N3O2S. The Morgan fingerprint density at radius 1 is 1.21 bits per heavy atom. The van der Waals surface area contributed by atoms with Crippen LogP contribution < -0.4 is 15.4 Å². The number of carbonyl (C=O) groups excluding carboxylic acids is 1. The zero-order chi connectivity index (χ0) is 17.2. The van der Waals surface area contributed by atoms with E-state index in [4.69, 9.17) is 4.74 Å². The Morgan fingerprint density at radius 3 is 2.75 bits per heavy atom. The van der Waals surface area contributed by atoms with E-state index in [2.05, 4.69) is 22.5 Å². The van der Waals surface area contributed by atoms with Gasteiger partial charge < -0.3 is 15.4 Å². The summed E-state index contributed by atoms with van der Waals surface area (Å²) in [6.45, 7) is 7.01. The number of nitrogens with one attached hydrogen (secondary N) is 2. The summed E-state index contributed by atoms with van der Waals surface area (Å²) in [6.07, 6.45) is 1.41. The fourth-order valence-corrected chi connectivity index (χ4v) is 2.80. The molecular weight excluding hydrogens is 322 g/mol. The topological polar surface area (TPSA) is 63.2 Å². The fourth-order valence-electron chi connectivity index (χ4n) is 2.10. The summed E-state index contributed by atoms with van der Waals surface area (Å²) in [4.78, 5) is 16.3. The predicted molar refractivity (Wildman–Crippen MR) is 97.5 cm³/mol. The van der Waals surface area contributed by atoms with E-state index in [1.165, 1.54) is 16.9 Å². The van der Waals surface area contributed by atoms with E-state index < -0.39 is 0 Å². The summed E-state index contributed by atoms with van der Waals surface area (Å²) < 4.78 is 5.71. The van der Waals surface area contributed by atoms with E-state index >= 15 is 0 Å². The van der Waals surface area contributed by atoms with Crippen molar-refractivity contribution in [2.75, 3.05) is 19.6 Å². The molecule has 24 heavy (non-hydrogen) atoms. The van der Waals surface area contributed by atoms with Crippen molar-refractivity contribution in [3.8, 4) is 5.75 Å². The minimum atomic E-state index is 0.00426. The lowest BCUT2D eigenvalue weighted by molar-refractivity contribution is -0.120. The minimum Gasteiger partial charge on any atom is -0.486 e. The highest BCUT2D eigenvalue weighted by Gasteiger charge is 2.08. The monoisotopic (exact) mass is 347 g/mol. The molecule has 0 radical (unpaired) electrons. The van der Waals surface area contributed by atoms with Gasteiger partial charge in [0.2, 0.25) is 5.91 Å². The van der Waals surface area contributed by atoms with Gasteiger partial charge in [-0.15, -0.1) is 11.3 Å². The molecule has 0 saturated heterocycles. The molecule has 0 fully saturated rings. The molecule has 0 unspecified atom stereocenters. The highest BCUT2D eigenvalue weighted by atomic mass is 32.1. The third-order valence-corrected chi connectivity index (χ3v) is 4.25. The minimum absolute atomic E-state index is 0.00426. The van der Waals surface area contributed by atoms with Gasteiger partial charge in [0.05, 0.1) is 12.1 Å². The quantitative estimate of drug-likeness (QED) is 0.649. The molecule has 2 aromatic rings. The second-order valence-corrected chi connectivity index (χ2v) is 6.55. The zero-order valence-electron chi connectivity index (χ0n) is 14.3. The van der Waals surface area contributed by atoms with Crippen LogP contribution in [0.3, 0.4) is 0 Å². The molecule has 1 aromatic heterocycles. The van der Waals surface area contributed by atoms with Crippen LogP contribution in [0, 0.1) is 6.92 Å². The van der Waals surface area contributed by atoms with Gasteiger partial charge in [0.25, 0.3) is 0 Å². The molecule has 1 amide bonds. The van der Waals surface area contributed by atoms with Crippen LogP contribution in [0.1, 0.15) is 29.6 Å². The van der Waals surface area contributed by atoms with Crippen molar-refractivity contribution in [3.63, 3.8) is 0 Å². The summed E-state index contributed by atoms with van der Waals surface area (Å²) >= 11 is 1.52. The highest BCUT2D eigenvalue weighted by Crippen LogP contribution is 2.16. The third kappa shape index (κ3) is 6.68. The molecule has 5 nitrogen and oxygen atoms in total. The van der Waals surface area contributed by atoms with Crippen LogP contribution in [0.5, 0.6) is 5.75 Å². The SMILES string of the molecule is CCCNCCNC(=O)Cc1csc(COc2ccc(C)cc2)n1. The number of ether oxygens (including phenoxy) is 1. The summed E-state index contributed by atoms with van der Waals surface area (Å²) in [7, 11) is 0. The smallest absolute Gasteiger partial charge is 0.226 e. The van der Waals surface area contributed by atoms with E-state index in [1.54, 1.807) is 0 Å². The fraction of sp³-hybridized carbons (Fsp3) is 0.444. The second kappa shape index (κ2) is 10.1. The van der Waals surface area contributed by atoms with Crippen molar-refractivity contribution < 1.29 is 9.53 Å². The van der Waals surface area contributed by atoms with Gasteiger partial charge >= 0.3 is 0 Å². The van der Waals surface area contributed by atoms with Crippen molar-refractivity contribution >= 4 is 17.2 Å². The molecule has 1 aromatic carbocycles. The van der Waals surface area contributed by atoms with Gasteiger partial charge in [0.15, 0.2) is 0 Å². The molecule has 130 valence electrons. The molecule has 0 atom stereocenters. The van der Waals surface area contributed by atoms with Crippen molar-refractivity contribution in [1.82, 2.24) is 15.6 Å². The Hall–Kier alpha value is -1.92. The standard InChI is InChI=1S/C18H25N3O2S/c1-3-8-19-9-10-20-17(22)11-15-13-24-18(21-15)12-23-16-6-4-14(2)5-7-16/h4-7,13,19H,3,8-12H2,1-2H3,(H,20,22). The van der Waals surface area contributed by atoms with Crippen LogP contribution in [0.25, 0.3) is 0 Å². The van der Waals surface area contributed by atoms with Gasteiger partial charge in [-0.05, 0) is 32.0 Å². The number of aromatic nitrogens is 1. The molecule has 0 aliphatic carbocycles. The van der Waals surface area contributed by atoms with Crippen molar-refractivity contribution in [1.29, 1.82) is 0 Å². The molecule has 0 aliphatic rings. The number of amides is 1. The lowest BCUT2D eigenvalue weighted by atomic mass is 10.2. The molecule has 2 rings (SSSR count). The summed E-state index contributed by atoms with van der Waals surface area (Å²) in [6, 6.07) is 7.93. The first kappa shape index (κ1) is 18.4. The van der Waals surface area contributed by atoms with E-state index in [0.29, 0.717) is 19.6 Å². The number of benzene rings is 1. The first-order valence-corrected chi connectivity index (χ1v) is 9.15. The number of hydrogen-bond acceptors (Lipinski definition) is 5. The predicted octanol–water partition coefficient (Wildman–Crippen LogP) is 2.69. The van der Waals surface area contributed by atoms with Crippen molar-refractivity contribution in [2.45, 2.75) is 33.3 Å². The molecule has 6 heteroatoms. The normalized spacial score (nSPS) is 10.6. The number of nitrogens with zero attached hydrogens (tertiary/aromatic N) is 1. The van der Waals surface area contributed by atoms with E-state index in [-0.39, 0.29) is 5.91 Å². The Morgan fingerprint density at radius 2 is 2.00 bits per heavy atom. The van der Waals surface area contributed by atoms with E-state index in [0.717, 1.165) is 36.0 Å². The maximum atomic E-state index is 11.9. The number of rotatable bonds is 10. The van der Waals surface area contributed by atoms with Gasteiger partial charge in [-0.1, -0.05) is 24.6 Å². The van der Waals surface area contributed by atoms with Crippen LogP contribution in [0.2, 0.25) is 0 Å². The van der Waals surface area contributed by atoms with Crippen LogP contribution in [0.15, 0.2) is 29.6 Å². The maximum Gasteiger partial charge on any atom is 0.226 e. The second-order valence-electron chi connectivity index (χ2n) is 5.61. The Kier molecular flexibility index (Phi) is 7.71. The summed E-state index contributed by atoms with van der Waals surface area (Å²) in [5, 5.41) is 8.94. The van der Waals surface area contributed by atoms with Gasteiger partial charge in [-0.25, -0.2) is 4.98 Å². The van der Waals surface area contributed by atoms with Gasteiger partial charge in [-0.3, -0.25) is 4.79 Å². The van der Waals surface area contributed by atoms with Crippen LogP contribution in [0.4, 0.5) is 0 Å². The molecule has 0 bridgehead atoms.